The van der Waals surface area contributed by atoms with Gasteiger partial charge in [0.1, 0.15) is 11.5 Å². The number of aliphatic imine (C=N–C) groups is 1. The molecule has 12 heavy (non-hydrogen) atoms. The van der Waals surface area contributed by atoms with Crippen molar-refractivity contribution in [1.82, 2.24) is 0 Å². The van der Waals surface area contributed by atoms with Gasteiger partial charge in [-0.15, -0.1) is 0 Å². The number of hydrogen-bond acceptors (Lipinski definition) is 2. The molecule has 0 aliphatic heterocycles. The van der Waals surface area contributed by atoms with Crippen LogP contribution < -0.4 is 0 Å². The highest BCUT2D eigenvalue weighted by Crippen LogP contribution is 2.22. The van der Waals surface area contributed by atoms with Crippen molar-refractivity contribution in [1.29, 1.82) is 0 Å². The van der Waals surface area contributed by atoms with Crippen LogP contribution in [0.5, 0.6) is 0 Å². The summed E-state index contributed by atoms with van der Waals surface area (Å²) in [5, 5.41) is 1.73. The van der Waals surface area contributed by atoms with Gasteiger partial charge in [-0.05, 0) is 12.2 Å². The van der Waals surface area contributed by atoms with Crippen molar-refractivity contribution >= 4 is 23.1 Å². The standard InChI is InChI=1S/C7H2F3NS/c8-4-1-5(9)7(11-3-12)6(10)2-4/h1-2H/i1D. The number of halogens is 3. The van der Waals surface area contributed by atoms with Crippen LogP contribution in [0.2, 0.25) is 0 Å². The zero-order valence-corrected chi connectivity index (χ0v) is 6.38. The summed E-state index contributed by atoms with van der Waals surface area (Å²) < 4.78 is 44.9. The van der Waals surface area contributed by atoms with E-state index in [4.69, 9.17) is 1.37 Å². The molecule has 0 radical (unpaired) electrons. The van der Waals surface area contributed by atoms with E-state index in [9.17, 15) is 13.2 Å². The molecule has 0 bridgehead atoms. The molecule has 62 valence electrons. The lowest BCUT2D eigenvalue weighted by atomic mass is 10.3. The zero-order chi connectivity index (χ0) is 10.0. The third kappa shape index (κ3) is 1.69. The van der Waals surface area contributed by atoms with Crippen molar-refractivity contribution in [3.05, 3.63) is 29.6 Å². The van der Waals surface area contributed by atoms with E-state index in [1.807, 2.05) is 0 Å². The molecular weight excluding hydrogens is 187 g/mol. The first-order valence-electron chi connectivity index (χ1n) is 3.30. The van der Waals surface area contributed by atoms with Gasteiger partial charge in [0.05, 0.1) is 6.53 Å². The maximum atomic E-state index is 12.9. The first-order chi connectivity index (χ1) is 6.07. The Morgan fingerprint density at radius 2 is 2.08 bits per heavy atom. The van der Waals surface area contributed by atoms with Crippen LogP contribution in [0.1, 0.15) is 1.37 Å². The SMILES string of the molecule is [2H]c1c(F)cc(F)c(N=C=S)c1F. The topological polar surface area (TPSA) is 12.4 Å². The van der Waals surface area contributed by atoms with Crippen molar-refractivity contribution in [2.75, 3.05) is 0 Å². The number of benzene rings is 1. The fraction of sp³-hybridized carbons (Fsp3) is 0. The number of rotatable bonds is 1. The summed E-state index contributed by atoms with van der Waals surface area (Å²) in [6, 6.07) is -0.665. The van der Waals surface area contributed by atoms with Gasteiger partial charge in [0, 0.05) is 12.1 Å². The summed E-state index contributed by atoms with van der Waals surface area (Å²) in [6.07, 6.45) is 0. The number of hydrogen-bond donors (Lipinski definition) is 0. The Labute approximate surface area is 73.0 Å². The first kappa shape index (κ1) is 7.46. The van der Waals surface area contributed by atoms with Crippen LogP contribution in [0.4, 0.5) is 18.9 Å². The zero-order valence-electron chi connectivity index (χ0n) is 6.57. The largest absolute Gasteiger partial charge is 0.207 e. The van der Waals surface area contributed by atoms with Gasteiger partial charge < -0.3 is 0 Å². The molecule has 1 aromatic rings. The summed E-state index contributed by atoms with van der Waals surface area (Å²) >= 11 is 4.12. The maximum absolute atomic E-state index is 12.9. The van der Waals surface area contributed by atoms with Crippen LogP contribution in [-0.2, 0) is 0 Å². The van der Waals surface area contributed by atoms with Gasteiger partial charge in [-0.25, -0.2) is 13.2 Å². The van der Waals surface area contributed by atoms with E-state index in [2.05, 4.69) is 17.2 Å². The van der Waals surface area contributed by atoms with Crippen molar-refractivity contribution in [3.8, 4) is 0 Å². The molecule has 0 aromatic heterocycles. The van der Waals surface area contributed by atoms with Crippen LogP contribution in [0, 0.1) is 17.5 Å². The summed E-state index contributed by atoms with van der Waals surface area (Å²) in [6.45, 7) is 0. The first-order valence-corrected chi connectivity index (χ1v) is 3.20. The molecule has 0 aliphatic rings. The van der Waals surface area contributed by atoms with Crippen LogP contribution in [0.3, 0.4) is 0 Å². The van der Waals surface area contributed by atoms with E-state index in [1.54, 1.807) is 5.16 Å². The van der Waals surface area contributed by atoms with Crippen LogP contribution in [0.25, 0.3) is 0 Å². The van der Waals surface area contributed by atoms with Crippen molar-refractivity contribution in [2.24, 2.45) is 4.99 Å². The van der Waals surface area contributed by atoms with Gasteiger partial charge in [0.25, 0.3) is 0 Å². The predicted molar refractivity (Wildman–Crippen MR) is 41.0 cm³/mol. The Kier molecular flexibility index (Phi) is 2.16. The molecule has 0 saturated carbocycles. The molecule has 1 aromatic carbocycles. The summed E-state index contributed by atoms with van der Waals surface area (Å²) in [4.78, 5) is 3.04. The Balaban J connectivity index is 3.52. The van der Waals surface area contributed by atoms with Gasteiger partial charge in [-0.1, -0.05) is 0 Å². The molecule has 0 amide bonds. The fourth-order valence-electron chi connectivity index (χ4n) is 0.633. The third-order valence-corrected chi connectivity index (χ3v) is 1.17. The van der Waals surface area contributed by atoms with Crippen molar-refractivity contribution < 1.29 is 14.5 Å². The van der Waals surface area contributed by atoms with Gasteiger partial charge in [-0.2, -0.15) is 4.99 Å². The van der Waals surface area contributed by atoms with Crippen molar-refractivity contribution in [2.45, 2.75) is 0 Å². The second-order valence-electron chi connectivity index (χ2n) is 1.83. The average Bonchev–Trinajstić information content (AvgIpc) is 2.09. The van der Waals surface area contributed by atoms with E-state index >= 15 is 0 Å². The molecule has 0 atom stereocenters. The fourth-order valence-corrected chi connectivity index (χ4v) is 0.724. The number of nitrogens with zero attached hydrogens (tertiary/aromatic N) is 1. The molecule has 0 unspecified atom stereocenters. The van der Waals surface area contributed by atoms with Crippen LogP contribution in [0.15, 0.2) is 17.1 Å². The number of isothiocyanates is 1. The van der Waals surface area contributed by atoms with Crippen LogP contribution in [-0.4, -0.2) is 5.16 Å². The van der Waals surface area contributed by atoms with E-state index in [1.165, 1.54) is 0 Å². The van der Waals surface area contributed by atoms with E-state index in [-0.39, 0.29) is 0 Å². The summed E-state index contributed by atoms with van der Waals surface area (Å²) in [7, 11) is 0. The minimum Gasteiger partial charge on any atom is -0.207 e. The molecular formula is C7H2F3NS. The normalized spacial score (nSPS) is 10.4. The molecule has 0 saturated heterocycles. The summed E-state index contributed by atoms with van der Waals surface area (Å²) in [5.41, 5.74) is -0.790. The lowest BCUT2D eigenvalue weighted by molar-refractivity contribution is 0.547. The van der Waals surface area contributed by atoms with Gasteiger partial charge >= 0.3 is 0 Å². The third-order valence-electron chi connectivity index (χ3n) is 1.07. The molecule has 0 spiro atoms. The Bertz CT molecular complexity index is 401. The predicted octanol–water partition coefficient (Wildman–Crippen LogP) is 2.84. The van der Waals surface area contributed by atoms with Gasteiger partial charge in [0.15, 0.2) is 11.6 Å². The highest BCUT2D eigenvalue weighted by atomic mass is 32.1. The van der Waals surface area contributed by atoms with Gasteiger partial charge in [0.2, 0.25) is 0 Å². The Hall–Kier alpha value is -1.19. The lowest BCUT2D eigenvalue weighted by Gasteiger charge is -1.96. The molecule has 1 nitrogen and oxygen atoms in total. The Morgan fingerprint density at radius 3 is 2.67 bits per heavy atom. The van der Waals surface area contributed by atoms with E-state index < -0.39 is 29.2 Å². The number of thiocarbonyl (C=S) groups is 1. The highest BCUT2D eigenvalue weighted by Gasteiger charge is 2.09. The molecule has 0 heterocycles. The average molecular weight is 190 g/mol. The van der Waals surface area contributed by atoms with E-state index in [0.29, 0.717) is 6.07 Å². The molecule has 1 rings (SSSR count). The molecule has 5 heteroatoms. The van der Waals surface area contributed by atoms with Crippen molar-refractivity contribution in [3.63, 3.8) is 0 Å². The molecule has 0 fully saturated rings. The monoisotopic (exact) mass is 190 g/mol. The Morgan fingerprint density at radius 1 is 1.42 bits per heavy atom. The smallest absolute Gasteiger partial charge is 0.155 e. The van der Waals surface area contributed by atoms with Crippen LogP contribution >= 0.6 is 12.2 Å². The maximum Gasteiger partial charge on any atom is 0.155 e. The quantitative estimate of drug-likeness (QED) is 0.490. The van der Waals surface area contributed by atoms with E-state index in [0.717, 1.165) is 0 Å². The lowest BCUT2D eigenvalue weighted by Crippen LogP contribution is -1.85. The minimum atomic E-state index is -1.38. The molecule has 0 aliphatic carbocycles. The van der Waals surface area contributed by atoms with Gasteiger partial charge in [-0.3, -0.25) is 0 Å². The second-order valence-corrected chi connectivity index (χ2v) is 2.01. The highest BCUT2D eigenvalue weighted by molar-refractivity contribution is 7.78. The minimum absolute atomic E-state index is 0.372. The summed E-state index contributed by atoms with van der Waals surface area (Å²) in [5.74, 6) is -3.86. The second kappa shape index (κ2) is 3.47. The molecule has 0 N–H and O–H groups in total.